The standard InChI is InChI=1S/C18H28O3/c1-11(2)8-14-12(3)18(4,5)21-16-10-13(19-6)9-15(20-7)17(14)16/h9-12,14H,8H2,1-7H3/t12-,14-/m0/s1. The molecule has 21 heavy (non-hydrogen) atoms. The first kappa shape index (κ1) is 16.0. The lowest BCUT2D eigenvalue weighted by Crippen LogP contribution is -2.43. The summed E-state index contributed by atoms with van der Waals surface area (Å²) in [4.78, 5) is 0. The summed E-state index contributed by atoms with van der Waals surface area (Å²) in [5.74, 6) is 4.04. The quantitative estimate of drug-likeness (QED) is 0.809. The Morgan fingerprint density at radius 1 is 1.19 bits per heavy atom. The smallest absolute Gasteiger partial charge is 0.131 e. The topological polar surface area (TPSA) is 27.7 Å². The monoisotopic (exact) mass is 292 g/mol. The van der Waals surface area contributed by atoms with Gasteiger partial charge in [-0.15, -0.1) is 0 Å². The van der Waals surface area contributed by atoms with Gasteiger partial charge in [0.2, 0.25) is 0 Å². The van der Waals surface area contributed by atoms with E-state index in [2.05, 4.69) is 34.6 Å². The van der Waals surface area contributed by atoms with Crippen molar-refractivity contribution in [3.63, 3.8) is 0 Å². The molecule has 1 heterocycles. The molecule has 118 valence electrons. The first-order valence-corrected chi connectivity index (χ1v) is 7.75. The number of hydrogen-bond acceptors (Lipinski definition) is 3. The number of fused-ring (bicyclic) bond motifs is 1. The molecule has 3 nitrogen and oxygen atoms in total. The number of methoxy groups -OCH3 is 2. The van der Waals surface area contributed by atoms with Crippen LogP contribution in [0.25, 0.3) is 0 Å². The predicted octanol–water partition coefficient (Wildman–Crippen LogP) is 4.64. The average molecular weight is 292 g/mol. The summed E-state index contributed by atoms with van der Waals surface area (Å²) < 4.78 is 17.3. The zero-order valence-corrected chi connectivity index (χ0v) is 14.3. The van der Waals surface area contributed by atoms with E-state index in [0.29, 0.717) is 17.8 Å². The molecule has 0 aromatic heterocycles. The highest BCUT2D eigenvalue weighted by Gasteiger charge is 2.42. The highest BCUT2D eigenvalue weighted by Crippen LogP contribution is 2.52. The molecule has 0 spiro atoms. The molecule has 1 aromatic carbocycles. The van der Waals surface area contributed by atoms with E-state index < -0.39 is 0 Å². The zero-order valence-electron chi connectivity index (χ0n) is 14.3. The maximum atomic E-state index is 6.27. The predicted molar refractivity (Wildman–Crippen MR) is 85.6 cm³/mol. The SMILES string of the molecule is COc1cc(OC)c2c(c1)OC(C)(C)[C@@H](C)[C@@H]2CC(C)C. The molecule has 1 aliphatic heterocycles. The van der Waals surface area contributed by atoms with Crippen molar-refractivity contribution < 1.29 is 14.2 Å². The van der Waals surface area contributed by atoms with Crippen LogP contribution in [0.5, 0.6) is 17.2 Å². The Labute approximate surface area is 128 Å². The largest absolute Gasteiger partial charge is 0.496 e. The molecular weight excluding hydrogens is 264 g/mol. The molecule has 1 aliphatic rings. The Bertz CT molecular complexity index is 505. The highest BCUT2D eigenvalue weighted by molar-refractivity contribution is 5.54. The Morgan fingerprint density at radius 3 is 2.38 bits per heavy atom. The molecule has 3 heteroatoms. The van der Waals surface area contributed by atoms with Crippen molar-refractivity contribution >= 4 is 0 Å². The van der Waals surface area contributed by atoms with E-state index in [1.54, 1.807) is 14.2 Å². The molecule has 0 aliphatic carbocycles. The Morgan fingerprint density at radius 2 is 1.86 bits per heavy atom. The van der Waals surface area contributed by atoms with Crippen LogP contribution in [0.2, 0.25) is 0 Å². The molecule has 0 saturated carbocycles. The molecule has 2 atom stereocenters. The average Bonchev–Trinajstić information content (AvgIpc) is 2.41. The summed E-state index contributed by atoms with van der Waals surface area (Å²) in [5.41, 5.74) is 1.00. The maximum Gasteiger partial charge on any atom is 0.131 e. The molecule has 0 fully saturated rings. The normalized spacial score (nSPS) is 23.4. The van der Waals surface area contributed by atoms with E-state index in [-0.39, 0.29) is 5.60 Å². The van der Waals surface area contributed by atoms with Gasteiger partial charge in [-0.2, -0.15) is 0 Å². The van der Waals surface area contributed by atoms with Crippen molar-refractivity contribution in [2.45, 2.75) is 52.6 Å². The third-order valence-corrected chi connectivity index (χ3v) is 4.70. The van der Waals surface area contributed by atoms with Crippen LogP contribution in [-0.2, 0) is 0 Å². The van der Waals surface area contributed by atoms with E-state index in [1.807, 2.05) is 12.1 Å². The highest BCUT2D eigenvalue weighted by atomic mass is 16.5. The van der Waals surface area contributed by atoms with Crippen molar-refractivity contribution in [1.82, 2.24) is 0 Å². The van der Waals surface area contributed by atoms with Crippen molar-refractivity contribution in [1.29, 1.82) is 0 Å². The van der Waals surface area contributed by atoms with Crippen LogP contribution in [0.1, 0.15) is 52.5 Å². The summed E-state index contributed by atoms with van der Waals surface area (Å²) in [6, 6.07) is 3.94. The second kappa shape index (κ2) is 5.78. The van der Waals surface area contributed by atoms with Gasteiger partial charge >= 0.3 is 0 Å². The Hall–Kier alpha value is -1.38. The van der Waals surface area contributed by atoms with Gasteiger partial charge in [0.25, 0.3) is 0 Å². The molecule has 0 bridgehead atoms. The molecule has 0 unspecified atom stereocenters. The Kier molecular flexibility index (Phi) is 4.40. The van der Waals surface area contributed by atoms with Crippen LogP contribution in [0.3, 0.4) is 0 Å². The molecule has 0 amide bonds. The van der Waals surface area contributed by atoms with Gasteiger partial charge in [-0.3, -0.25) is 0 Å². The van der Waals surface area contributed by atoms with Crippen LogP contribution in [0.15, 0.2) is 12.1 Å². The molecule has 0 saturated heterocycles. The van der Waals surface area contributed by atoms with Gasteiger partial charge in [0, 0.05) is 23.6 Å². The number of hydrogen-bond donors (Lipinski definition) is 0. The lowest BCUT2D eigenvalue weighted by molar-refractivity contribution is 0.0137. The number of benzene rings is 1. The second-order valence-corrected chi connectivity index (χ2v) is 6.97. The first-order chi connectivity index (χ1) is 9.80. The van der Waals surface area contributed by atoms with E-state index in [4.69, 9.17) is 14.2 Å². The minimum atomic E-state index is -0.191. The number of ether oxygens (including phenoxy) is 3. The molecular formula is C18H28O3. The van der Waals surface area contributed by atoms with Gasteiger partial charge in [0.1, 0.15) is 22.8 Å². The van der Waals surface area contributed by atoms with Crippen LogP contribution in [-0.4, -0.2) is 19.8 Å². The van der Waals surface area contributed by atoms with Crippen molar-refractivity contribution in [2.75, 3.05) is 14.2 Å². The van der Waals surface area contributed by atoms with Gasteiger partial charge in [-0.1, -0.05) is 20.8 Å². The Balaban J connectivity index is 2.59. The van der Waals surface area contributed by atoms with Gasteiger partial charge in [-0.25, -0.2) is 0 Å². The van der Waals surface area contributed by atoms with Crippen molar-refractivity contribution in [3.05, 3.63) is 17.7 Å². The molecule has 2 rings (SSSR count). The lowest BCUT2D eigenvalue weighted by Gasteiger charge is -2.44. The van der Waals surface area contributed by atoms with Gasteiger partial charge in [-0.05, 0) is 32.1 Å². The van der Waals surface area contributed by atoms with Gasteiger partial charge in [0.15, 0.2) is 0 Å². The summed E-state index contributed by atoms with van der Waals surface area (Å²) in [7, 11) is 3.38. The molecule has 0 N–H and O–H groups in total. The lowest BCUT2D eigenvalue weighted by atomic mass is 9.71. The zero-order chi connectivity index (χ0) is 15.8. The van der Waals surface area contributed by atoms with E-state index in [1.165, 1.54) is 5.56 Å². The summed E-state index contributed by atoms with van der Waals surface area (Å²) in [6.45, 7) is 11.1. The van der Waals surface area contributed by atoms with Crippen LogP contribution in [0.4, 0.5) is 0 Å². The molecule has 1 aromatic rings. The summed E-state index contributed by atoms with van der Waals surface area (Å²) in [5, 5.41) is 0. The minimum absolute atomic E-state index is 0.191. The summed E-state index contributed by atoms with van der Waals surface area (Å²) in [6.07, 6.45) is 1.13. The van der Waals surface area contributed by atoms with Crippen LogP contribution in [0, 0.1) is 11.8 Å². The fraction of sp³-hybridized carbons (Fsp3) is 0.667. The second-order valence-electron chi connectivity index (χ2n) is 6.97. The third-order valence-electron chi connectivity index (χ3n) is 4.70. The third kappa shape index (κ3) is 2.97. The van der Waals surface area contributed by atoms with Crippen molar-refractivity contribution in [2.24, 2.45) is 11.8 Å². The number of rotatable bonds is 4. The summed E-state index contributed by atoms with van der Waals surface area (Å²) >= 11 is 0. The van der Waals surface area contributed by atoms with Gasteiger partial charge < -0.3 is 14.2 Å². The van der Waals surface area contributed by atoms with E-state index in [0.717, 1.165) is 23.7 Å². The maximum absolute atomic E-state index is 6.27. The van der Waals surface area contributed by atoms with Gasteiger partial charge in [0.05, 0.1) is 14.2 Å². The molecule has 0 radical (unpaired) electrons. The van der Waals surface area contributed by atoms with Crippen molar-refractivity contribution in [3.8, 4) is 17.2 Å². The first-order valence-electron chi connectivity index (χ1n) is 7.75. The fourth-order valence-electron chi connectivity index (χ4n) is 3.25. The fourth-order valence-corrected chi connectivity index (χ4v) is 3.25. The van der Waals surface area contributed by atoms with E-state index >= 15 is 0 Å². The van der Waals surface area contributed by atoms with Crippen LogP contribution >= 0.6 is 0 Å². The minimum Gasteiger partial charge on any atom is -0.496 e. The van der Waals surface area contributed by atoms with E-state index in [9.17, 15) is 0 Å². The van der Waals surface area contributed by atoms with Crippen LogP contribution < -0.4 is 14.2 Å².